The Balaban J connectivity index is 1.72. The molecule has 0 aromatic rings. The van der Waals surface area contributed by atoms with Gasteiger partial charge in [0.1, 0.15) is 6.61 Å². The molecule has 6 heteroatoms. The average molecular weight is 251 g/mol. The summed E-state index contributed by atoms with van der Waals surface area (Å²) < 4.78 is 36.8. The quantitative estimate of drug-likeness (QED) is 0.779. The molecular weight excluding hydrogens is 232 g/mol. The van der Waals surface area contributed by atoms with Crippen molar-refractivity contribution >= 4 is 0 Å². The van der Waals surface area contributed by atoms with Crippen LogP contribution in [0.5, 0.6) is 0 Å². The molecule has 2 rings (SSSR count). The highest BCUT2D eigenvalue weighted by Crippen LogP contribution is 2.35. The number of ether oxygens (including phenoxy) is 2. The molecule has 0 bridgehead atoms. The van der Waals surface area contributed by atoms with Crippen LogP contribution in [-0.4, -0.2) is 49.2 Å². The minimum Gasteiger partial charge on any atom is -0.390 e. The van der Waals surface area contributed by atoms with Gasteiger partial charge in [-0.15, -0.1) is 0 Å². The molecule has 2 fully saturated rings. The van der Waals surface area contributed by atoms with E-state index in [0.29, 0.717) is 13.2 Å². The van der Waals surface area contributed by atoms with Crippen molar-refractivity contribution in [2.24, 2.45) is 0 Å². The highest BCUT2D eigenvalue weighted by atomic mass is 19.3. The zero-order valence-corrected chi connectivity index (χ0v) is 9.75. The number of hydrogen-bond acceptors (Lipinski definition) is 4. The number of hydrogen-bond donors (Lipinski definition) is 2. The molecule has 0 aromatic heterocycles. The second-order valence-corrected chi connectivity index (χ2v) is 4.78. The molecule has 0 radical (unpaired) electrons. The molecule has 0 unspecified atom stereocenters. The standard InChI is InChI=1S/C11H19F2NO3/c12-10(13,8-15)7-14-9-1-3-11(4-2-9)16-5-6-17-11/h9,14-15H,1-8H2. The summed E-state index contributed by atoms with van der Waals surface area (Å²) in [6, 6.07) is 0.0610. The van der Waals surface area contributed by atoms with Gasteiger partial charge >= 0.3 is 0 Å². The molecule has 1 saturated heterocycles. The minimum atomic E-state index is -3.03. The Morgan fingerprint density at radius 3 is 2.35 bits per heavy atom. The lowest BCUT2D eigenvalue weighted by Crippen LogP contribution is -2.46. The van der Waals surface area contributed by atoms with Gasteiger partial charge in [-0.2, -0.15) is 0 Å². The van der Waals surface area contributed by atoms with Crippen molar-refractivity contribution < 1.29 is 23.4 Å². The van der Waals surface area contributed by atoms with Crippen LogP contribution in [0.4, 0.5) is 8.78 Å². The summed E-state index contributed by atoms with van der Waals surface area (Å²) >= 11 is 0. The van der Waals surface area contributed by atoms with Crippen molar-refractivity contribution in [2.45, 2.75) is 43.4 Å². The Bertz CT molecular complexity index is 247. The predicted octanol–water partition coefficient (Wildman–Crippen LogP) is 0.889. The van der Waals surface area contributed by atoms with Crippen LogP contribution < -0.4 is 5.32 Å². The van der Waals surface area contributed by atoms with Crippen molar-refractivity contribution in [3.63, 3.8) is 0 Å². The second kappa shape index (κ2) is 5.14. The highest BCUT2D eigenvalue weighted by molar-refractivity contribution is 4.86. The third-order valence-electron chi connectivity index (χ3n) is 3.44. The Hall–Kier alpha value is -0.300. The molecule has 1 heterocycles. The molecule has 0 atom stereocenters. The topological polar surface area (TPSA) is 50.7 Å². The average Bonchev–Trinajstić information content (AvgIpc) is 2.77. The molecular formula is C11H19F2NO3. The highest BCUT2D eigenvalue weighted by Gasteiger charge is 2.40. The van der Waals surface area contributed by atoms with E-state index in [1.807, 2.05) is 0 Å². The Morgan fingerprint density at radius 1 is 1.24 bits per heavy atom. The third-order valence-corrected chi connectivity index (χ3v) is 3.44. The first-order valence-corrected chi connectivity index (χ1v) is 6.05. The second-order valence-electron chi connectivity index (χ2n) is 4.78. The van der Waals surface area contributed by atoms with Crippen LogP contribution in [-0.2, 0) is 9.47 Å². The smallest absolute Gasteiger partial charge is 0.282 e. The zero-order valence-electron chi connectivity index (χ0n) is 9.75. The van der Waals surface area contributed by atoms with Crippen LogP contribution in [0.25, 0.3) is 0 Å². The van der Waals surface area contributed by atoms with Gasteiger partial charge in [-0.25, -0.2) is 8.78 Å². The maximum Gasteiger partial charge on any atom is 0.282 e. The zero-order chi connectivity index (χ0) is 12.4. The van der Waals surface area contributed by atoms with E-state index in [1.54, 1.807) is 0 Å². The fraction of sp³-hybridized carbons (Fsp3) is 1.00. The number of aliphatic hydroxyl groups excluding tert-OH is 1. The lowest BCUT2D eigenvalue weighted by Gasteiger charge is -2.36. The molecule has 0 amide bonds. The van der Waals surface area contributed by atoms with Crippen LogP contribution in [0.1, 0.15) is 25.7 Å². The van der Waals surface area contributed by atoms with E-state index < -0.39 is 24.9 Å². The summed E-state index contributed by atoms with van der Waals surface area (Å²) in [5.41, 5.74) is 0. The van der Waals surface area contributed by atoms with Gasteiger partial charge in [-0.05, 0) is 12.8 Å². The fourth-order valence-corrected chi connectivity index (χ4v) is 2.40. The van der Waals surface area contributed by atoms with Crippen molar-refractivity contribution in [1.82, 2.24) is 5.32 Å². The summed E-state index contributed by atoms with van der Waals surface area (Å²) in [6.45, 7) is -0.326. The summed E-state index contributed by atoms with van der Waals surface area (Å²) in [7, 11) is 0. The van der Waals surface area contributed by atoms with E-state index in [4.69, 9.17) is 14.6 Å². The molecule has 1 spiro atoms. The Morgan fingerprint density at radius 2 is 1.82 bits per heavy atom. The van der Waals surface area contributed by atoms with Crippen LogP contribution in [0.15, 0.2) is 0 Å². The van der Waals surface area contributed by atoms with Gasteiger partial charge in [0.2, 0.25) is 0 Å². The van der Waals surface area contributed by atoms with Gasteiger partial charge in [-0.1, -0.05) is 0 Å². The van der Waals surface area contributed by atoms with Gasteiger partial charge in [0.15, 0.2) is 5.79 Å². The molecule has 4 nitrogen and oxygen atoms in total. The monoisotopic (exact) mass is 251 g/mol. The number of nitrogens with one attached hydrogen (secondary N) is 1. The van der Waals surface area contributed by atoms with Gasteiger partial charge in [0.05, 0.1) is 19.8 Å². The number of rotatable bonds is 4. The van der Waals surface area contributed by atoms with Gasteiger partial charge < -0.3 is 19.9 Å². The first kappa shape index (κ1) is 13.1. The van der Waals surface area contributed by atoms with E-state index in [2.05, 4.69) is 5.32 Å². The third kappa shape index (κ3) is 3.34. The molecule has 1 aliphatic carbocycles. The fourth-order valence-electron chi connectivity index (χ4n) is 2.40. The van der Waals surface area contributed by atoms with Crippen molar-refractivity contribution in [2.75, 3.05) is 26.4 Å². The van der Waals surface area contributed by atoms with Crippen LogP contribution in [0, 0.1) is 0 Å². The van der Waals surface area contributed by atoms with Crippen molar-refractivity contribution in [3.05, 3.63) is 0 Å². The van der Waals surface area contributed by atoms with E-state index in [0.717, 1.165) is 25.7 Å². The maximum atomic E-state index is 12.8. The molecule has 1 saturated carbocycles. The number of alkyl halides is 2. The molecule has 0 aromatic carbocycles. The summed E-state index contributed by atoms with van der Waals surface area (Å²) in [5.74, 6) is -3.48. The number of aliphatic hydroxyl groups is 1. The molecule has 2 N–H and O–H groups in total. The van der Waals surface area contributed by atoms with Crippen molar-refractivity contribution in [3.8, 4) is 0 Å². The van der Waals surface area contributed by atoms with E-state index in [9.17, 15) is 8.78 Å². The first-order chi connectivity index (χ1) is 8.05. The largest absolute Gasteiger partial charge is 0.390 e. The summed E-state index contributed by atoms with van der Waals surface area (Å²) in [4.78, 5) is 0. The number of halogens is 2. The minimum absolute atomic E-state index is 0.0610. The Kier molecular flexibility index (Phi) is 3.97. The predicted molar refractivity (Wildman–Crippen MR) is 56.9 cm³/mol. The van der Waals surface area contributed by atoms with Gasteiger partial charge in [0, 0.05) is 18.9 Å². The first-order valence-electron chi connectivity index (χ1n) is 6.05. The normalized spacial score (nSPS) is 25.6. The lowest BCUT2D eigenvalue weighted by atomic mass is 9.90. The molecule has 2 aliphatic rings. The van der Waals surface area contributed by atoms with E-state index >= 15 is 0 Å². The Labute approximate surface area is 99.3 Å². The van der Waals surface area contributed by atoms with Crippen LogP contribution >= 0.6 is 0 Å². The maximum absolute atomic E-state index is 12.8. The molecule has 100 valence electrons. The summed E-state index contributed by atoms with van der Waals surface area (Å²) in [6.07, 6.45) is 3.02. The van der Waals surface area contributed by atoms with Crippen LogP contribution in [0.3, 0.4) is 0 Å². The molecule has 17 heavy (non-hydrogen) atoms. The van der Waals surface area contributed by atoms with Crippen molar-refractivity contribution in [1.29, 1.82) is 0 Å². The van der Waals surface area contributed by atoms with E-state index in [1.165, 1.54) is 0 Å². The lowest BCUT2D eigenvalue weighted by molar-refractivity contribution is -0.180. The van der Waals surface area contributed by atoms with Gasteiger partial charge in [0.25, 0.3) is 5.92 Å². The van der Waals surface area contributed by atoms with Gasteiger partial charge in [-0.3, -0.25) is 0 Å². The summed E-state index contributed by atoms with van der Waals surface area (Å²) in [5, 5.41) is 11.3. The molecule has 1 aliphatic heterocycles. The SMILES string of the molecule is OCC(F)(F)CNC1CCC2(CC1)OCCO2. The van der Waals surface area contributed by atoms with E-state index in [-0.39, 0.29) is 6.04 Å². The van der Waals surface area contributed by atoms with Crippen LogP contribution in [0.2, 0.25) is 0 Å².